The molecule has 10 nitrogen and oxygen atoms in total. The third-order valence-corrected chi connectivity index (χ3v) is 6.78. The number of aromatic nitrogens is 2. The summed E-state index contributed by atoms with van der Waals surface area (Å²) in [5, 5.41) is 11.5. The van der Waals surface area contributed by atoms with Crippen LogP contribution in [-0.4, -0.2) is 58.8 Å². The number of nitrogens with one attached hydrogen (secondary N) is 4. The van der Waals surface area contributed by atoms with Gasteiger partial charge in [-0.1, -0.05) is 18.7 Å². The molecule has 13 heteroatoms. The topological polar surface area (TPSA) is 128 Å². The first kappa shape index (κ1) is 30.0. The van der Waals surface area contributed by atoms with E-state index >= 15 is 0 Å². The molecule has 42 heavy (non-hydrogen) atoms. The molecule has 4 rings (SSSR count). The van der Waals surface area contributed by atoms with Gasteiger partial charge in [0.15, 0.2) is 0 Å². The van der Waals surface area contributed by atoms with Gasteiger partial charge in [-0.2, -0.15) is 18.2 Å². The van der Waals surface area contributed by atoms with Crippen molar-refractivity contribution in [3.8, 4) is 0 Å². The number of nitrogens with zero attached hydrogens (tertiary/aromatic N) is 3. The minimum Gasteiger partial charge on any atom is -0.372 e. The Morgan fingerprint density at radius 3 is 2.45 bits per heavy atom. The number of hydrogen-bond acceptors (Lipinski definition) is 7. The van der Waals surface area contributed by atoms with Crippen LogP contribution in [-0.2, 0) is 11.0 Å². The Morgan fingerprint density at radius 1 is 1.05 bits per heavy atom. The Bertz CT molecular complexity index is 1500. The van der Waals surface area contributed by atoms with Gasteiger partial charge in [0.25, 0.3) is 11.8 Å². The van der Waals surface area contributed by atoms with Gasteiger partial charge in [0.2, 0.25) is 11.9 Å². The van der Waals surface area contributed by atoms with E-state index in [9.17, 15) is 27.6 Å². The number of carbonyl (C=O) groups is 3. The van der Waals surface area contributed by atoms with Crippen LogP contribution in [0.25, 0.3) is 0 Å². The van der Waals surface area contributed by atoms with Crippen LogP contribution in [0.5, 0.6) is 0 Å². The number of likely N-dealkylation sites (tertiary alicyclic amines) is 1. The van der Waals surface area contributed by atoms with E-state index in [4.69, 9.17) is 0 Å². The molecule has 4 N–H and O–H groups in total. The highest BCUT2D eigenvalue weighted by molar-refractivity contribution is 6.08. The summed E-state index contributed by atoms with van der Waals surface area (Å²) >= 11 is 0. The van der Waals surface area contributed by atoms with Gasteiger partial charge in [-0.3, -0.25) is 14.4 Å². The SMILES string of the molecule is C=CC(=O)N1CCC(Nc2ncc(C(=O)Nc3cc(NC(=O)c4cccc(C(F)(F)F)c4)ccc3C)c(NC)n2)CC1. The van der Waals surface area contributed by atoms with E-state index in [1.807, 2.05) is 0 Å². The largest absolute Gasteiger partial charge is 0.416 e. The Hall–Kier alpha value is -4.94. The van der Waals surface area contributed by atoms with Gasteiger partial charge in [-0.25, -0.2) is 4.98 Å². The van der Waals surface area contributed by atoms with Crippen LogP contribution in [0.2, 0.25) is 0 Å². The maximum absolute atomic E-state index is 13.2. The minimum atomic E-state index is -4.58. The normalized spacial score (nSPS) is 13.7. The summed E-state index contributed by atoms with van der Waals surface area (Å²) in [6.45, 7) is 6.44. The first-order valence-electron chi connectivity index (χ1n) is 13.1. The standard InChI is InChI=1S/C29H30F3N7O3/c1-4-24(40)39-12-10-20(11-13-39)36-28-34-16-22(25(33-3)38-28)27(42)37-23-15-21(9-8-17(23)2)35-26(41)18-6-5-7-19(14-18)29(30,31)32/h4-9,14-16,20H,1,10-13H2,2-3H3,(H,35,41)(H,37,42)(H2,33,34,36,38). The summed E-state index contributed by atoms with van der Waals surface area (Å²) in [7, 11) is 1.62. The molecule has 1 saturated heterocycles. The number of rotatable bonds is 8. The molecule has 0 aliphatic carbocycles. The zero-order chi connectivity index (χ0) is 30.4. The van der Waals surface area contributed by atoms with E-state index in [2.05, 4.69) is 37.8 Å². The van der Waals surface area contributed by atoms with Crippen LogP contribution in [0.1, 0.15) is 44.7 Å². The molecule has 1 aliphatic heterocycles. The molecule has 0 radical (unpaired) electrons. The summed E-state index contributed by atoms with van der Waals surface area (Å²) in [4.78, 5) is 48.1. The maximum atomic E-state index is 13.2. The van der Waals surface area contributed by atoms with Crippen molar-refractivity contribution < 1.29 is 27.6 Å². The predicted octanol–water partition coefficient (Wildman–Crippen LogP) is 4.94. The van der Waals surface area contributed by atoms with Crippen LogP contribution in [0, 0.1) is 6.92 Å². The van der Waals surface area contributed by atoms with Crippen molar-refractivity contribution in [1.29, 1.82) is 0 Å². The van der Waals surface area contributed by atoms with Gasteiger partial charge in [-0.05, 0) is 61.7 Å². The summed E-state index contributed by atoms with van der Waals surface area (Å²) in [6.07, 6.45) is -0.470. The van der Waals surface area contributed by atoms with Crippen molar-refractivity contribution in [3.05, 3.63) is 83.6 Å². The predicted molar refractivity (Wildman–Crippen MR) is 154 cm³/mol. The minimum absolute atomic E-state index is 0.0554. The number of aryl methyl sites for hydroxylation is 1. The molecular weight excluding hydrogens is 551 g/mol. The van der Waals surface area contributed by atoms with Crippen LogP contribution in [0.15, 0.2) is 61.3 Å². The highest BCUT2D eigenvalue weighted by Crippen LogP contribution is 2.30. The van der Waals surface area contributed by atoms with E-state index in [-0.39, 0.29) is 34.6 Å². The number of benzene rings is 2. The lowest BCUT2D eigenvalue weighted by Crippen LogP contribution is -2.41. The lowest BCUT2D eigenvalue weighted by molar-refractivity contribution is -0.137. The van der Waals surface area contributed by atoms with Crippen molar-refractivity contribution in [1.82, 2.24) is 14.9 Å². The van der Waals surface area contributed by atoms with Gasteiger partial charge in [0.1, 0.15) is 11.4 Å². The van der Waals surface area contributed by atoms with Gasteiger partial charge < -0.3 is 26.2 Å². The summed E-state index contributed by atoms with van der Waals surface area (Å²) in [5.41, 5.74) is 0.437. The van der Waals surface area contributed by atoms with Crippen molar-refractivity contribution in [2.45, 2.75) is 32.0 Å². The molecule has 0 spiro atoms. The molecule has 1 aromatic heterocycles. The molecule has 0 unspecified atom stereocenters. The fourth-order valence-corrected chi connectivity index (χ4v) is 4.43. The fraction of sp³-hybridized carbons (Fsp3) is 0.276. The average molecular weight is 582 g/mol. The fourth-order valence-electron chi connectivity index (χ4n) is 4.43. The van der Waals surface area contributed by atoms with E-state index in [1.165, 1.54) is 24.4 Å². The molecule has 3 aromatic rings. The first-order valence-corrected chi connectivity index (χ1v) is 13.1. The van der Waals surface area contributed by atoms with E-state index < -0.39 is 23.6 Å². The lowest BCUT2D eigenvalue weighted by Gasteiger charge is -2.31. The van der Waals surface area contributed by atoms with Crippen LogP contribution in [0.3, 0.4) is 0 Å². The highest BCUT2D eigenvalue weighted by Gasteiger charge is 2.31. The number of halogens is 3. The number of hydrogen-bond donors (Lipinski definition) is 4. The second-order valence-corrected chi connectivity index (χ2v) is 9.67. The van der Waals surface area contributed by atoms with Crippen molar-refractivity contribution in [2.24, 2.45) is 0 Å². The van der Waals surface area contributed by atoms with Gasteiger partial charge in [-0.15, -0.1) is 0 Å². The zero-order valence-corrected chi connectivity index (χ0v) is 23.0. The molecule has 0 saturated carbocycles. The zero-order valence-electron chi connectivity index (χ0n) is 23.0. The summed E-state index contributed by atoms with van der Waals surface area (Å²) < 4.78 is 39.1. The van der Waals surface area contributed by atoms with Gasteiger partial charge in [0.05, 0.1) is 5.56 Å². The third-order valence-electron chi connectivity index (χ3n) is 6.78. The van der Waals surface area contributed by atoms with Crippen molar-refractivity contribution in [3.63, 3.8) is 0 Å². The molecule has 2 heterocycles. The molecule has 3 amide bonds. The van der Waals surface area contributed by atoms with Crippen molar-refractivity contribution in [2.75, 3.05) is 41.4 Å². The number of piperidine rings is 1. The summed E-state index contributed by atoms with van der Waals surface area (Å²) in [5.74, 6) is -0.715. The van der Waals surface area contributed by atoms with Gasteiger partial charge >= 0.3 is 6.18 Å². The summed E-state index contributed by atoms with van der Waals surface area (Å²) in [6, 6.07) is 8.92. The molecule has 1 aliphatic rings. The van der Waals surface area contributed by atoms with Crippen LogP contribution >= 0.6 is 0 Å². The Kier molecular flexibility index (Phi) is 9.09. The van der Waals surface area contributed by atoms with Crippen LogP contribution < -0.4 is 21.3 Å². The Labute approximate surface area is 240 Å². The van der Waals surface area contributed by atoms with E-state index in [0.29, 0.717) is 43.1 Å². The van der Waals surface area contributed by atoms with E-state index in [1.54, 1.807) is 31.0 Å². The van der Waals surface area contributed by atoms with Gasteiger partial charge in [0, 0.05) is 49.3 Å². The number of anilines is 4. The number of amides is 3. The highest BCUT2D eigenvalue weighted by atomic mass is 19.4. The second kappa shape index (κ2) is 12.7. The van der Waals surface area contributed by atoms with E-state index in [0.717, 1.165) is 18.2 Å². The third kappa shape index (κ3) is 7.22. The second-order valence-electron chi connectivity index (χ2n) is 9.67. The Balaban J connectivity index is 1.43. The first-order chi connectivity index (χ1) is 20.0. The smallest absolute Gasteiger partial charge is 0.372 e. The van der Waals surface area contributed by atoms with Crippen LogP contribution in [0.4, 0.5) is 36.3 Å². The monoisotopic (exact) mass is 581 g/mol. The van der Waals surface area contributed by atoms with Crippen molar-refractivity contribution >= 4 is 40.9 Å². The molecular formula is C29H30F3N7O3. The molecule has 2 aromatic carbocycles. The molecule has 220 valence electrons. The molecule has 0 bridgehead atoms. The average Bonchev–Trinajstić information content (AvgIpc) is 2.98. The maximum Gasteiger partial charge on any atom is 0.416 e. The lowest BCUT2D eigenvalue weighted by atomic mass is 10.1. The molecule has 1 fully saturated rings. The number of alkyl halides is 3. The molecule has 0 atom stereocenters. The Morgan fingerprint density at radius 2 is 1.79 bits per heavy atom. The number of carbonyl (C=O) groups excluding carboxylic acids is 3. The quantitative estimate of drug-likeness (QED) is 0.278.